The van der Waals surface area contributed by atoms with Crippen LogP contribution in [0.25, 0.3) is 0 Å². The maximum absolute atomic E-state index is 12.7. The molecule has 8 heteroatoms. The summed E-state index contributed by atoms with van der Waals surface area (Å²) in [6.07, 6.45) is 4.77. The lowest BCUT2D eigenvalue weighted by molar-refractivity contribution is -0.121. The number of ether oxygens (including phenoxy) is 1. The highest BCUT2D eigenvalue weighted by Crippen LogP contribution is 2.21. The molecule has 1 aromatic heterocycles. The normalized spacial score (nSPS) is 17.4. The number of aromatic nitrogens is 1. The van der Waals surface area contributed by atoms with Gasteiger partial charge in [-0.25, -0.2) is 4.79 Å². The van der Waals surface area contributed by atoms with Crippen molar-refractivity contribution < 1.29 is 14.3 Å². The smallest absolute Gasteiger partial charge is 0.410 e. The third kappa shape index (κ3) is 6.62. The number of hydrogen-bond donors (Lipinski definition) is 1. The lowest BCUT2D eigenvalue weighted by Gasteiger charge is -2.35. The van der Waals surface area contributed by atoms with Crippen LogP contribution in [0.5, 0.6) is 0 Å². The predicted octanol–water partition coefficient (Wildman–Crippen LogP) is 3.79. The van der Waals surface area contributed by atoms with Gasteiger partial charge in [0.15, 0.2) is 0 Å². The molecule has 38 heavy (non-hydrogen) atoms. The highest BCUT2D eigenvalue weighted by atomic mass is 16.6. The summed E-state index contributed by atoms with van der Waals surface area (Å²) in [5.41, 5.74) is 5.33. The molecule has 2 aromatic carbocycles. The molecule has 0 saturated carbocycles. The minimum atomic E-state index is -0.268. The fourth-order valence-corrected chi connectivity index (χ4v) is 5.07. The number of aryl methyl sites for hydroxylation is 1. The SMILES string of the molecule is Cc1cncc(N2CC[C@@H](NC(=O)Cc3ccc(N4CCN(C(=O)OCc5ccccc5)CC4)cc3)C2)c1. The van der Waals surface area contributed by atoms with E-state index in [9.17, 15) is 9.59 Å². The highest BCUT2D eigenvalue weighted by Gasteiger charge is 2.25. The van der Waals surface area contributed by atoms with Crippen molar-refractivity contribution in [2.24, 2.45) is 0 Å². The largest absolute Gasteiger partial charge is 0.445 e. The van der Waals surface area contributed by atoms with E-state index in [2.05, 4.69) is 38.3 Å². The molecule has 2 aliphatic heterocycles. The molecule has 1 N–H and O–H groups in total. The minimum absolute atomic E-state index is 0.0506. The number of piperazine rings is 1. The summed E-state index contributed by atoms with van der Waals surface area (Å²) in [4.78, 5) is 35.7. The van der Waals surface area contributed by atoms with Crippen LogP contribution in [0.2, 0.25) is 0 Å². The first-order valence-electron chi connectivity index (χ1n) is 13.3. The van der Waals surface area contributed by atoms with E-state index in [4.69, 9.17) is 4.74 Å². The predicted molar refractivity (Wildman–Crippen MR) is 148 cm³/mol. The van der Waals surface area contributed by atoms with Crippen molar-refractivity contribution in [1.82, 2.24) is 15.2 Å². The van der Waals surface area contributed by atoms with Crippen LogP contribution in [-0.2, 0) is 22.6 Å². The van der Waals surface area contributed by atoms with E-state index >= 15 is 0 Å². The molecule has 2 fully saturated rings. The zero-order valence-electron chi connectivity index (χ0n) is 21.9. The third-order valence-electron chi connectivity index (χ3n) is 7.19. The number of nitrogens with zero attached hydrogens (tertiary/aromatic N) is 4. The number of pyridine rings is 1. The maximum atomic E-state index is 12.7. The lowest BCUT2D eigenvalue weighted by atomic mass is 10.1. The van der Waals surface area contributed by atoms with Crippen molar-refractivity contribution in [2.75, 3.05) is 49.1 Å². The molecule has 0 bridgehead atoms. The molecule has 0 radical (unpaired) electrons. The number of carbonyl (C=O) groups is 2. The van der Waals surface area contributed by atoms with Gasteiger partial charge in [-0.2, -0.15) is 0 Å². The molecule has 1 atom stereocenters. The molecule has 3 aromatic rings. The number of rotatable bonds is 7. The number of benzene rings is 2. The van der Waals surface area contributed by atoms with Gasteiger partial charge in [-0.05, 0) is 48.2 Å². The average molecular weight is 514 g/mol. The Hall–Kier alpha value is -4.07. The van der Waals surface area contributed by atoms with Crippen LogP contribution in [0, 0.1) is 6.92 Å². The van der Waals surface area contributed by atoms with Gasteiger partial charge < -0.3 is 24.8 Å². The van der Waals surface area contributed by atoms with Crippen molar-refractivity contribution in [2.45, 2.75) is 32.4 Å². The second-order valence-electron chi connectivity index (χ2n) is 10.1. The first-order valence-corrected chi connectivity index (χ1v) is 13.3. The summed E-state index contributed by atoms with van der Waals surface area (Å²) in [5, 5.41) is 3.20. The van der Waals surface area contributed by atoms with E-state index < -0.39 is 0 Å². The van der Waals surface area contributed by atoms with Crippen LogP contribution >= 0.6 is 0 Å². The van der Waals surface area contributed by atoms with Crippen molar-refractivity contribution in [3.05, 3.63) is 89.7 Å². The lowest BCUT2D eigenvalue weighted by Crippen LogP contribution is -2.48. The Kier molecular flexibility index (Phi) is 8.06. The van der Waals surface area contributed by atoms with Crippen LogP contribution < -0.4 is 15.1 Å². The molecule has 0 unspecified atom stereocenters. The van der Waals surface area contributed by atoms with E-state index in [1.54, 1.807) is 4.90 Å². The quantitative estimate of drug-likeness (QED) is 0.518. The number of carbonyl (C=O) groups excluding carboxylic acids is 2. The first kappa shape index (κ1) is 25.6. The fraction of sp³-hybridized carbons (Fsp3) is 0.367. The Bertz CT molecular complexity index is 1230. The van der Waals surface area contributed by atoms with Crippen molar-refractivity contribution >= 4 is 23.4 Å². The zero-order valence-corrected chi connectivity index (χ0v) is 21.9. The Morgan fingerprint density at radius 3 is 2.39 bits per heavy atom. The van der Waals surface area contributed by atoms with Gasteiger partial charge in [0.05, 0.1) is 18.3 Å². The minimum Gasteiger partial charge on any atom is -0.445 e. The molecule has 198 valence electrons. The van der Waals surface area contributed by atoms with Crippen molar-refractivity contribution in [3.63, 3.8) is 0 Å². The topological polar surface area (TPSA) is 78.0 Å². The molecule has 2 amide bonds. The van der Waals surface area contributed by atoms with E-state index in [0.29, 0.717) is 19.5 Å². The second-order valence-corrected chi connectivity index (χ2v) is 10.1. The van der Waals surface area contributed by atoms with Crippen LogP contribution in [0.4, 0.5) is 16.2 Å². The molecule has 8 nitrogen and oxygen atoms in total. The van der Waals surface area contributed by atoms with Gasteiger partial charge in [0.1, 0.15) is 6.61 Å². The molecule has 3 heterocycles. The maximum Gasteiger partial charge on any atom is 0.410 e. The van der Waals surface area contributed by atoms with Gasteiger partial charge in [-0.1, -0.05) is 42.5 Å². The summed E-state index contributed by atoms with van der Waals surface area (Å²) < 4.78 is 5.47. The number of hydrogen-bond acceptors (Lipinski definition) is 6. The average Bonchev–Trinajstić information content (AvgIpc) is 3.41. The number of anilines is 2. The third-order valence-corrected chi connectivity index (χ3v) is 7.19. The number of amides is 2. The standard InChI is InChI=1S/C30H35N5O3/c1-23-17-28(20-31-19-23)35-12-11-26(21-35)32-29(36)18-24-7-9-27(10-8-24)33-13-15-34(16-14-33)30(37)38-22-25-5-3-2-4-6-25/h2-10,17,19-20,26H,11-16,18,21-22H2,1H3,(H,32,36)/t26-/m1/s1. The molecule has 0 spiro atoms. The van der Waals surface area contributed by atoms with Gasteiger partial charge >= 0.3 is 6.09 Å². The molecular formula is C30H35N5O3. The van der Waals surface area contributed by atoms with E-state index in [1.165, 1.54) is 0 Å². The van der Waals surface area contributed by atoms with Gasteiger partial charge in [-0.15, -0.1) is 0 Å². The zero-order chi connectivity index (χ0) is 26.3. The van der Waals surface area contributed by atoms with Crippen LogP contribution in [0.1, 0.15) is 23.1 Å². The summed E-state index contributed by atoms with van der Waals surface area (Å²) in [5.74, 6) is 0.0506. The van der Waals surface area contributed by atoms with Gasteiger partial charge in [0.25, 0.3) is 0 Å². The molecule has 2 saturated heterocycles. The molecular weight excluding hydrogens is 478 g/mol. The van der Waals surface area contributed by atoms with Crippen molar-refractivity contribution in [3.8, 4) is 0 Å². The van der Waals surface area contributed by atoms with Gasteiger partial charge in [0, 0.05) is 57.2 Å². The summed E-state index contributed by atoms with van der Waals surface area (Å²) in [7, 11) is 0. The van der Waals surface area contributed by atoms with Crippen LogP contribution in [-0.4, -0.2) is 67.2 Å². The Labute approximate surface area is 224 Å². The van der Waals surface area contributed by atoms with Crippen molar-refractivity contribution in [1.29, 1.82) is 0 Å². The van der Waals surface area contributed by atoms with Gasteiger partial charge in [-0.3, -0.25) is 9.78 Å². The molecule has 2 aliphatic rings. The van der Waals surface area contributed by atoms with E-state index in [0.717, 1.165) is 60.7 Å². The Balaban J connectivity index is 1.04. The summed E-state index contributed by atoms with van der Waals surface area (Å²) in [6.45, 7) is 6.79. The van der Waals surface area contributed by atoms with Crippen LogP contribution in [0.15, 0.2) is 73.1 Å². The fourth-order valence-electron chi connectivity index (χ4n) is 5.07. The number of nitrogens with one attached hydrogen (secondary N) is 1. The van der Waals surface area contributed by atoms with Gasteiger partial charge in [0.2, 0.25) is 5.91 Å². The van der Waals surface area contributed by atoms with E-state index in [-0.39, 0.29) is 24.6 Å². The summed E-state index contributed by atoms with van der Waals surface area (Å²) >= 11 is 0. The van der Waals surface area contributed by atoms with E-state index in [1.807, 2.05) is 61.8 Å². The highest BCUT2D eigenvalue weighted by molar-refractivity contribution is 5.79. The first-order chi connectivity index (χ1) is 18.5. The second kappa shape index (κ2) is 12.0. The monoisotopic (exact) mass is 513 g/mol. The Morgan fingerprint density at radius 1 is 0.895 bits per heavy atom. The Morgan fingerprint density at radius 2 is 1.66 bits per heavy atom. The van der Waals surface area contributed by atoms with Crippen LogP contribution in [0.3, 0.4) is 0 Å². The molecule has 0 aliphatic carbocycles. The summed E-state index contributed by atoms with van der Waals surface area (Å²) in [6, 6.07) is 20.2. The molecule has 5 rings (SSSR count).